The van der Waals surface area contributed by atoms with Crippen molar-refractivity contribution >= 4 is 11.8 Å². The average Bonchev–Trinajstić information content (AvgIpc) is 2.07. The number of hydrogen-bond donors (Lipinski definition) is 0. The van der Waals surface area contributed by atoms with Gasteiger partial charge in [-0.3, -0.25) is 14.5 Å². The van der Waals surface area contributed by atoms with Crippen molar-refractivity contribution in [2.24, 2.45) is 11.8 Å². The number of amides is 2. The number of likely N-dealkylation sites (tertiary alicyclic amines) is 1. The van der Waals surface area contributed by atoms with Gasteiger partial charge in [-0.15, -0.1) is 0 Å². The van der Waals surface area contributed by atoms with Gasteiger partial charge in [0.1, 0.15) is 0 Å². The van der Waals surface area contributed by atoms with E-state index in [0.29, 0.717) is 0 Å². The minimum atomic E-state index is -0.127. The normalized spacial score (nSPS) is 28.1. The van der Waals surface area contributed by atoms with Gasteiger partial charge in [-0.05, 0) is 0 Å². The average molecular weight is 173 g/mol. The SMILES string of the molecule is C.C.CC1C(=O)N(C)C(=O)C1C. The fourth-order valence-electron chi connectivity index (χ4n) is 1.15. The Balaban J connectivity index is 0. The number of rotatable bonds is 0. The molecule has 0 radical (unpaired) electrons. The molecule has 0 bridgehead atoms. The maximum atomic E-state index is 11.0. The van der Waals surface area contributed by atoms with E-state index in [0.717, 1.165) is 0 Å². The van der Waals surface area contributed by atoms with Crippen molar-refractivity contribution in [2.75, 3.05) is 7.05 Å². The third-order valence-corrected chi connectivity index (χ3v) is 2.19. The highest BCUT2D eigenvalue weighted by Gasteiger charge is 2.39. The zero-order valence-electron chi connectivity index (χ0n) is 6.42. The van der Waals surface area contributed by atoms with E-state index >= 15 is 0 Å². The fourth-order valence-corrected chi connectivity index (χ4v) is 1.15. The molecular weight excluding hydrogens is 154 g/mol. The van der Waals surface area contributed by atoms with E-state index in [1.165, 1.54) is 11.9 Å². The molecule has 2 amide bonds. The van der Waals surface area contributed by atoms with Crippen LogP contribution in [0.4, 0.5) is 0 Å². The van der Waals surface area contributed by atoms with Crippen LogP contribution in [0, 0.1) is 11.8 Å². The molecule has 0 spiro atoms. The van der Waals surface area contributed by atoms with Crippen LogP contribution < -0.4 is 0 Å². The summed E-state index contributed by atoms with van der Waals surface area (Å²) >= 11 is 0. The van der Waals surface area contributed by atoms with Gasteiger partial charge in [0.25, 0.3) is 0 Å². The van der Waals surface area contributed by atoms with Gasteiger partial charge in [-0.25, -0.2) is 0 Å². The van der Waals surface area contributed by atoms with Crippen molar-refractivity contribution in [3.63, 3.8) is 0 Å². The van der Waals surface area contributed by atoms with E-state index in [1.54, 1.807) is 13.8 Å². The number of imide groups is 1. The smallest absolute Gasteiger partial charge is 0.232 e. The molecule has 2 unspecified atom stereocenters. The molecule has 0 N–H and O–H groups in total. The van der Waals surface area contributed by atoms with Gasteiger partial charge in [-0.1, -0.05) is 28.7 Å². The minimum absolute atomic E-state index is 0. The predicted octanol–water partition coefficient (Wildman–Crippen LogP) is 1.53. The van der Waals surface area contributed by atoms with Crippen molar-refractivity contribution in [3.8, 4) is 0 Å². The fraction of sp³-hybridized carbons (Fsp3) is 0.778. The molecule has 0 aliphatic carbocycles. The highest BCUT2D eigenvalue weighted by Crippen LogP contribution is 2.23. The summed E-state index contributed by atoms with van der Waals surface area (Å²) in [6.07, 6.45) is 0. The summed E-state index contributed by atoms with van der Waals surface area (Å²) in [6.45, 7) is 3.57. The van der Waals surface area contributed by atoms with Crippen LogP contribution in [0.2, 0.25) is 0 Å². The Morgan fingerprint density at radius 2 is 1.25 bits per heavy atom. The maximum Gasteiger partial charge on any atom is 0.232 e. The van der Waals surface area contributed by atoms with Crippen molar-refractivity contribution in [3.05, 3.63) is 0 Å². The quantitative estimate of drug-likeness (QED) is 0.521. The summed E-state index contributed by atoms with van der Waals surface area (Å²) in [5, 5.41) is 0. The van der Waals surface area contributed by atoms with Gasteiger partial charge < -0.3 is 0 Å². The van der Waals surface area contributed by atoms with E-state index in [2.05, 4.69) is 0 Å². The van der Waals surface area contributed by atoms with Crippen LogP contribution >= 0.6 is 0 Å². The molecule has 0 aromatic heterocycles. The Morgan fingerprint density at radius 1 is 1.00 bits per heavy atom. The van der Waals surface area contributed by atoms with Crippen molar-refractivity contribution in [1.82, 2.24) is 4.90 Å². The molecule has 1 aliphatic heterocycles. The first-order chi connectivity index (χ1) is 4.55. The summed E-state index contributed by atoms with van der Waals surface area (Å²) < 4.78 is 0. The first-order valence-corrected chi connectivity index (χ1v) is 3.37. The lowest BCUT2D eigenvalue weighted by atomic mass is 10.00. The third kappa shape index (κ3) is 1.65. The zero-order valence-corrected chi connectivity index (χ0v) is 6.42. The van der Waals surface area contributed by atoms with Crippen LogP contribution in [-0.2, 0) is 9.59 Å². The molecule has 0 saturated carbocycles. The molecule has 1 saturated heterocycles. The molecule has 3 nitrogen and oxygen atoms in total. The number of carbonyl (C=O) groups is 2. The summed E-state index contributed by atoms with van der Waals surface area (Å²) in [7, 11) is 1.53. The summed E-state index contributed by atoms with van der Waals surface area (Å²) in [5.74, 6) is -0.370. The molecule has 2 atom stereocenters. The maximum absolute atomic E-state index is 11.0. The van der Waals surface area contributed by atoms with Crippen molar-refractivity contribution in [1.29, 1.82) is 0 Å². The Bertz CT molecular complexity index is 169. The molecular formula is C9H19NO2. The molecule has 3 heteroatoms. The molecule has 1 aliphatic rings. The van der Waals surface area contributed by atoms with Crippen LogP contribution in [0.15, 0.2) is 0 Å². The van der Waals surface area contributed by atoms with Crippen molar-refractivity contribution in [2.45, 2.75) is 28.7 Å². The standard InChI is InChI=1S/C7H11NO2.2CH4/c1-4-5(2)7(10)8(3)6(4)9;;/h4-5H,1-3H3;2*1H4. The minimum Gasteiger partial charge on any atom is -0.285 e. The zero-order chi connectivity index (χ0) is 7.89. The van der Waals surface area contributed by atoms with Gasteiger partial charge in [0, 0.05) is 18.9 Å². The molecule has 12 heavy (non-hydrogen) atoms. The Kier molecular flexibility index (Phi) is 4.84. The van der Waals surface area contributed by atoms with Gasteiger partial charge in [0.2, 0.25) is 11.8 Å². The van der Waals surface area contributed by atoms with Crippen LogP contribution in [0.3, 0.4) is 0 Å². The Hall–Kier alpha value is -0.860. The van der Waals surface area contributed by atoms with E-state index in [4.69, 9.17) is 0 Å². The largest absolute Gasteiger partial charge is 0.285 e. The highest BCUT2D eigenvalue weighted by molar-refractivity contribution is 6.04. The van der Waals surface area contributed by atoms with E-state index in [9.17, 15) is 9.59 Å². The van der Waals surface area contributed by atoms with E-state index in [-0.39, 0.29) is 38.5 Å². The molecule has 1 rings (SSSR count). The lowest BCUT2D eigenvalue weighted by molar-refractivity contribution is -0.138. The van der Waals surface area contributed by atoms with E-state index < -0.39 is 0 Å². The molecule has 1 heterocycles. The first kappa shape index (κ1) is 13.7. The monoisotopic (exact) mass is 173 g/mol. The lowest BCUT2D eigenvalue weighted by Gasteiger charge is -2.03. The molecule has 72 valence electrons. The van der Waals surface area contributed by atoms with Gasteiger partial charge in [-0.2, -0.15) is 0 Å². The Labute approximate surface area is 74.7 Å². The number of carbonyl (C=O) groups excluding carboxylic acids is 2. The number of nitrogens with zero attached hydrogens (tertiary/aromatic N) is 1. The molecule has 1 fully saturated rings. The van der Waals surface area contributed by atoms with Crippen LogP contribution in [-0.4, -0.2) is 23.8 Å². The van der Waals surface area contributed by atoms with Crippen LogP contribution in [0.1, 0.15) is 28.7 Å². The summed E-state index contributed by atoms with van der Waals surface area (Å²) in [5.41, 5.74) is 0. The second-order valence-corrected chi connectivity index (χ2v) is 2.81. The topological polar surface area (TPSA) is 37.4 Å². The van der Waals surface area contributed by atoms with Gasteiger partial charge in [0.15, 0.2) is 0 Å². The van der Waals surface area contributed by atoms with Crippen LogP contribution in [0.5, 0.6) is 0 Å². The number of hydrogen-bond acceptors (Lipinski definition) is 2. The highest BCUT2D eigenvalue weighted by atomic mass is 16.2. The second-order valence-electron chi connectivity index (χ2n) is 2.81. The molecule has 0 aromatic rings. The summed E-state index contributed by atoms with van der Waals surface area (Å²) in [4.78, 5) is 23.3. The Morgan fingerprint density at radius 3 is 1.33 bits per heavy atom. The third-order valence-electron chi connectivity index (χ3n) is 2.19. The van der Waals surface area contributed by atoms with Crippen molar-refractivity contribution < 1.29 is 9.59 Å². The predicted molar refractivity (Wildman–Crippen MR) is 49.6 cm³/mol. The second kappa shape index (κ2) is 4.24. The van der Waals surface area contributed by atoms with Gasteiger partial charge in [0.05, 0.1) is 0 Å². The van der Waals surface area contributed by atoms with Crippen LogP contribution in [0.25, 0.3) is 0 Å². The first-order valence-electron chi connectivity index (χ1n) is 3.37. The molecule has 0 aromatic carbocycles. The van der Waals surface area contributed by atoms with E-state index in [1.807, 2.05) is 0 Å². The summed E-state index contributed by atoms with van der Waals surface area (Å²) in [6, 6.07) is 0. The van der Waals surface area contributed by atoms with Gasteiger partial charge >= 0.3 is 0 Å². The lowest BCUT2D eigenvalue weighted by Crippen LogP contribution is -2.25.